The van der Waals surface area contributed by atoms with E-state index < -0.39 is 40.7 Å². The van der Waals surface area contributed by atoms with Crippen LogP contribution in [0.3, 0.4) is 0 Å². The summed E-state index contributed by atoms with van der Waals surface area (Å²) in [7, 11) is 1.15. The number of hydrogen-bond donors (Lipinski definition) is 2. The van der Waals surface area contributed by atoms with E-state index in [1.807, 2.05) is 0 Å². The van der Waals surface area contributed by atoms with Crippen LogP contribution >= 0.6 is 0 Å². The molecule has 162 valence electrons. The van der Waals surface area contributed by atoms with Crippen molar-refractivity contribution in [3.8, 4) is 5.75 Å². The largest absolute Gasteiger partial charge is 0.497 e. The summed E-state index contributed by atoms with van der Waals surface area (Å²) in [6, 6.07) is 5.68. The van der Waals surface area contributed by atoms with E-state index in [2.05, 4.69) is 5.32 Å². The second-order valence-electron chi connectivity index (χ2n) is 7.36. The maximum atomic E-state index is 14.2. The van der Waals surface area contributed by atoms with Crippen molar-refractivity contribution in [3.63, 3.8) is 0 Å². The number of methoxy groups -OCH3 is 1. The van der Waals surface area contributed by atoms with Crippen LogP contribution in [-0.2, 0) is 6.18 Å². The molecule has 2 rings (SSSR count). The normalized spacial score (nSPS) is 11.7. The van der Waals surface area contributed by atoms with E-state index in [0.717, 1.165) is 36.3 Å². The Balaban J connectivity index is 2.44. The van der Waals surface area contributed by atoms with Crippen LogP contribution in [0.15, 0.2) is 36.4 Å². The number of halogens is 4. The molecule has 0 heterocycles. The van der Waals surface area contributed by atoms with E-state index in [-0.39, 0.29) is 17.1 Å². The third kappa shape index (κ3) is 5.19. The summed E-state index contributed by atoms with van der Waals surface area (Å²) in [5.74, 6) is -2.10. The monoisotopic (exact) mass is 428 g/mol. The lowest BCUT2D eigenvalue weighted by molar-refractivity contribution is -0.137. The van der Waals surface area contributed by atoms with Crippen LogP contribution in [0.4, 0.5) is 33.7 Å². The summed E-state index contributed by atoms with van der Waals surface area (Å²) < 4.78 is 58.2. The predicted molar refractivity (Wildman–Crippen MR) is 103 cm³/mol. The lowest BCUT2D eigenvalue weighted by atomic mass is 10.1. The summed E-state index contributed by atoms with van der Waals surface area (Å²) in [6.45, 7) is 4.87. The fourth-order valence-corrected chi connectivity index (χ4v) is 2.74. The van der Waals surface area contributed by atoms with Crippen LogP contribution in [0, 0.1) is 5.82 Å². The zero-order chi connectivity index (χ0) is 22.9. The Morgan fingerprint density at radius 1 is 1.07 bits per heavy atom. The van der Waals surface area contributed by atoms with Crippen molar-refractivity contribution in [2.24, 2.45) is 0 Å². The van der Waals surface area contributed by atoms with Crippen molar-refractivity contribution in [2.45, 2.75) is 32.5 Å². The van der Waals surface area contributed by atoms with Crippen molar-refractivity contribution in [3.05, 3.63) is 53.3 Å². The Labute approximate surface area is 170 Å². The van der Waals surface area contributed by atoms with Crippen molar-refractivity contribution in [1.82, 2.24) is 0 Å². The zero-order valence-electron chi connectivity index (χ0n) is 16.6. The lowest BCUT2D eigenvalue weighted by Gasteiger charge is -2.33. The Bertz CT molecular complexity index is 968. The van der Waals surface area contributed by atoms with Crippen molar-refractivity contribution in [1.29, 1.82) is 0 Å². The number of carbonyl (C=O) groups excluding carboxylic acids is 1. The minimum absolute atomic E-state index is 0.0772. The van der Waals surface area contributed by atoms with Crippen LogP contribution in [0.25, 0.3) is 0 Å². The molecule has 30 heavy (non-hydrogen) atoms. The second-order valence-corrected chi connectivity index (χ2v) is 7.36. The van der Waals surface area contributed by atoms with Crippen LogP contribution in [0.1, 0.15) is 36.7 Å². The Morgan fingerprint density at radius 3 is 2.20 bits per heavy atom. The molecule has 0 aromatic heterocycles. The molecule has 0 aliphatic rings. The predicted octanol–water partition coefficient (Wildman–Crippen LogP) is 5.39. The molecule has 0 saturated heterocycles. The van der Waals surface area contributed by atoms with E-state index in [1.54, 1.807) is 20.8 Å². The third-order valence-corrected chi connectivity index (χ3v) is 4.05. The number of carboxylic acid groups (broad SMARTS) is 1. The highest BCUT2D eigenvalue weighted by Gasteiger charge is 2.32. The number of rotatable bonds is 4. The number of nitrogens with zero attached hydrogens (tertiary/aromatic N) is 1. The van der Waals surface area contributed by atoms with Gasteiger partial charge < -0.3 is 15.2 Å². The molecule has 2 N–H and O–H groups in total. The van der Waals surface area contributed by atoms with Gasteiger partial charge >= 0.3 is 12.3 Å². The molecule has 0 spiro atoms. The molecular formula is C20H20F4N2O4. The van der Waals surface area contributed by atoms with Gasteiger partial charge in [-0.3, -0.25) is 9.69 Å². The van der Waals surface area contributed by atoms with Crippen LogP contribution < -0.4 is 15.0 Å². The summed E-state index contributed by atoms with van der Waals surface area (Å²) >= 11 is 0. The maximum absolute atomic E-state index is 14.2. The van der Waals surface area contributed by atoms with Crippen molar-refractivity contribution in [2.75, 3.05) is 17.3 Å². The molecular weight excluding hydrogens is 408 g/mol. The average molecular weight is 428 g/mol. The van der Waals surface area contributed by atoms with E-state index >= 15 is 0 Å². The fourth-order valence-electron chi connectivity index (χ4n) is 2.74. The Morgan fingerprint density at radius 2 is 1.70 bits per heavy atom. The van der Waals surface area contributed by atoms with Gasteiger partial charge in [0.2, 0.25) is 0 Å². The lowest BCUT2D eigenvalue weighted by Crippen LogP contribution is -2.45. The molecule has 10 heteroatoms. The summed E-state index contributed by atoms with van der Waals surface area (Å²) in [5.41, 5.74) is -2.69. The second kappa shape index (κ2) is 8.21. The van der Waals surface area contributed by atoms with Crippen LogP contribution in [-0.4, -0.2) is 29.8 Å². The molecule has 0 atom stereocenters. The number of amides is 2. The van der Waals surface area contributed by atoms with Gasteiger partial charge in [0.05, 0.1) is 18.4 Å². The molecule has 0 saturated carbocycles. The van der Waals surface area contributed by atoms with Crippen molar-refractivity contribution < 1.29 is 37.0 Å². The maximum Gasteiger partial charge on any atom is 0.416 e. The van der Waals surface area contributed by atoms with Gasteiger partial charge in [-0.15, -0.1) is 0 Å². The SMILES string of the molecule is COc1cc(C(=O)Nc2cc(N(C(=O)O)C(C)(C)C)ccc2F)cc(C(F)(F)F)c1. The smallest absolute Gasteiger partial charge is 0.416 e. The van der Waals surface area contributed by atoms with Gasteiger partial charge in [0, 0.05) is 16.8 Å². The first-order valence-electron chi connectivity index (χ1n) is 8.64. The van der Waals surface area contributed by atoms with E-state index in [9.17, 15) is 32.3 Å². The van der Waals surface area contributed by atoms with E-state index in [0.29, 0.717) is 6.07 Å². The van der Waals surface area contributed by atoms with Gasteiger partial charge in [-0.2, -0.15) is 13.2 Å². The minimum Gasteiger partial charge on any atom is -0.497 e. The Kier molecular flexibility index (Phi) is 6.29. The van der Waals surface area contributed by atoms with Crippen molar-refractivity contribution >= 4 is 23.4 Å². The zero-order valence-corrected chi connectivity index (χ0v) is 16.6. The van der Waals surface area contributed by atoms with Gasteiger partial charge in [0.15, 0.2) is 0 Å². The van der Waals surface area contributed by atoms with Gasteiger partial charge in [-0.1, -0.05) is 0 Å². The highest BCUT2D eigenvalue weighted by molar-refractivity contribution is 6.05. The number of ether oxygens (including phenoxy) is 1. The highest BCUT2D eigenvalue weighted by atomic mass is 19.4. The molecule has 0 aliphatic heterocycles. The highest BCUT2D eigenvalue weighted by Crippen LogP contribution is 2.33. The number of carbonyl (C=O) groups is 2. The van der Waals surface area contributed by atoms with Gasteiger partial charge in [0.1, 0.15) is 11.6 Å². The summed E-state index contributed by atoms with van der Waals surface area (Å²) in [6.07, 6.45) is -6.02. The topological polar surface area (TPSA) is 78.9 Å². The standard InChI is InChI=1S/C20H20F4N2O4/c1-19(2,3)26(18(28)29)13-5-6-15(21)16(10-13)25-17(27)11-7-12(20(22,23)24)9-14(8-11)30-4/h5-10H,1-4H3,(H,25,27)(H,28,29). The molecule has 2 aromatic carbocycles. The molecule has 2 amide bonds. The molecule has 0 radical (unpaired) electrons. The van der Waals surface area contributed by atoms with Gasteiger partial charge in [-0.25, -0.2) is 9.18 Å². The summed E-state index contributed by atoms with van der Waals surface area (Å²) in [5, 5.41) is 11.7. The number of nitrogens with one attached hydrogen (secondary N) is 1. The van der Waals surface area contributed by atoms with E-state index in [1.165, 1.54) is 6.07 Å². The van der Waals surface area contributed by atoms with Gasteiger partial charge in [-0.05, 0) is 57.2 Å². The van der Waals surface area contributed by atoms with Crippen LogP contribution in [0.5, 0.6) is 5.75 Å². The number of alkyl halides is 3. The van der Waals surface area contributed by atoms with Gasteiger partial charge in [0.25, 0.3) is 5.91 Å². The Hall–Kier alpha value is -3.30. The molecule has 6 nitrogen and oxygen atoms in total. The average Bonchev–Trinajstić information content (AvgIpc) is 2.61. The number of anilines is 2. The first kappa shape index (κ1) is 23.0. The molecule has 0 aliphatic carbocycles. The summed E-state index contributed by atoms with van der Waals surface area (Å²) in [4.78, 5) is 25.1. The van der Waals surface area contributed by atoms with Crippen LogP contribution in [0.2, 0.25) is 0 Å². The first-order chi connectivity index (χ1) is 13.7. The van der Waals surface area contributed by atoms with E-state index in [4.69, 9.17) is 4.74 Å². The molecule has 2 aromatic rings. The number of benzene rings is 2. The minimum atomic E-state index is -4.72. The molecule has 0 unspecified atom stereocenters. The molecule has 0 bridgehead atoms. The number of hydrogen-bond acceptors (Lipinski definition) is 3. The quantitative estimate of drug-likeness (QED) is 0.640. The first-order valence-corrected chi connectivity index (χ1v) is 8.64. The fraction of sp³-hybridized carbons (Fsp3) is 0.300. The molecule has 0 fully saturated rings. The third-order valence-electron chi connectivity index (χ3n) is 4.05.